The Morgan fingerprint density at radius 3 is 2.53 bits per heavy atom. The molecule has 0 atom stereocenters. The van der Waals surface area contributed by atoms with E-state index < -0.39 is 5.41 Å². The Bertz CT molecular complexity index is 434. The summed E-state index contributed by atoms with van der Waals surface area (Å²) in [6.45, 7) is 4.13. The van der Waals surface area contributed by atoms with Gasteiger partial charge in [0.05, 0.1) is 5.41 Å². The van der Waals surface area contributed by atoms with Gasteiger partial charge in [-0.2, -0.15) is 0 Å². The van der Waals surface area contributed by atoms with Gasteiger partial charge in [0, 0.05) is 0 Å². The van der Waals surface area contributed by atoms with Crippen LogP contribution in [0, 0.1) is 13.8 Å². The van der Waals surface area contributed by atoms with Crippen LogP contribution in [-0.4, -0.2) is 5.91 Å². The van der Waals surface area contributed by atoms with E-state index in [2.05, 4.69) is 37.5 Å². The molecule has 1 aliphatic rings. The van der Waals surface area contributed by atoms with Gasteiger partial charge >= 0.3 is 0 Å². The summed E-state index contributed by atoms with van der Waals surface area (Å²) in [7, 11) is 0. The van der Waals surface area contributed by atoms with Gasteiger partial charge in [-0.1, -0.05) is 36.6 Å². The lowest BCUT2D eigenvalue weighted by atomic mass is 9.75. The maximum absolute atomic E-state index is 12.2. The average molecular weight is 232 g/mol. The van der Waals surface area contributed by atoms with Crippen LogP contribution < -0.4 is 11.3 Å². The van der Waals surface area contributed by atoms with E-state index in [-0.39, 0.29) is 5.91 Å². The Labute approximate surface area is 102 Å². The number of carbonyl (C=O) groups is 1. The van der Waals surface area contributed by atoms with Crippen LogP contribution in [0.3, 0.4) is 0 Å². The van der Waals surface area contributed by atoms with Gasteiger partial charge in [-0.3, -0.25) is 10.2 Å². The molecular formula is C14H20N2O. The number of nitrogens with two attached hydrogens (primary N) is 1. The number of nitrogens with one attached hydrogen (secondary N) is 1. The summed E-state index contributed by atoms with van der Waals surface area (Å²) in [5.74, 6) is 5.32. The first-order valence-corrected chi connectivity index (χ1v) is 6.19. The van der Waals surface area contributed by atoms with Gasteiger partial charge < -0.3 is 0 Å². The second-order valence-corrected chi connectivity index (χ2v) is 5.08. The van der Waals surface area contributed by atoms with E-state index in [4.69, 9.17) is 5.84 Å². The fraction of sp³-hybridized carbons (Fsp3) is 0.500. The molecule has 1 amide bonds. The number of hydrogen-bond acceptors (Lipinski definition) is 2. The molecule has 0 aliphatic heterocycles. The molecular weight excluding hydrogens is 212 g/mol. The SMILES string of the molecule is Cc1ccc(C)c(C2(C(=O)NN)CCCC2)c1. The van der Waals surface area contributed by atoms with Crippen LogP contribution in [0.25, 0.3) is 0 Å². The highest BCUT2D eigenvalue weighted by molar-refractivity contribution is 5.88. The predicted molar refractivity (Wildman–Crippen MR) is 68.4 cm³/mol. The van der Waals surface area contributed by atoms with Crippen molar-refractivity contribution in [2.24, 2.45) is 5.84 Å². The first-order chi connectivity index (χ1) is 8.10. The Hall–Kier alpha value is -1.35. The highest BCUT2D eigenvalue weighted by atomic mass is 16.2. The van der Waals surface area contributed by atoms with Gasteiger partial charge in [0.2, 0.25) is 5.91 Å². The van der Waals surface area contributed by atoms with Crippen LogP contribution in [-0.2, 0) is 10.2 Å². The molecule has 3 N–H and O–H groups in total. The highest BCUT2D eigenvalue weighted by Gasteiger charge is 2.43. The predicted octanol–water partition coefficient (Wildman–Crippen LogP) is 2.11. The summed E-state index contributed by atoms with van der Waals surface area (Å²) in [5, 5.41) is 0. The van der Waals surface area contributed by atoms with E-state index in [1.54, 1.807) is 0 Å². The lowest BCUT2D eigenvalue weighted by Gasteiger charge is -2.29. The van der Waals surface area contributed by atoms with Gasteiger partial charge in [0.1, 0.15) is 0 Å². The molecule has 1 aliphatic carbocycles. The fourth-order valence-electron chi connectivity index (χ4n) is 2.99. The Balaban J connectivity index is 2.53. The summed E-state index contributed by atoms with van der Waals surface area (Å²) >= 11 is 0. The van der Waals surface area contributed by atoms with Crippen LogP contribution in [0.4, 0.5) is 0 Å². The second-order valence-electron chi connectivity index (χ2n) is 5.08. The van der Waals surface area contributed by atoms with Crippen molar-refractivity contribution in [3.8, 4) is 0 Å². The smallest absolute Gasteiger partial charge is 0.244 e. The number of carbonyl (C=O) groups excluding carboxylic acids is 1. The molecule has 2 rings (SSSR count). The molecule has 0 heterocycles. The minimum atomic E-state index is -0.398. The molecule has 1 saturated carbocycles. The summed E-state index contributed by atoms with van der Waals surface area (Å²) in [4.78, 5) is 12.2. The second kappa shape index (κ2) is 4.49. The number of hydrogen-bond donors (Lipinski definition) is 2. The molecule has 92 valence electrons. The van der Waals surface area contributed by atoms with E-state index in [1.165, 1.54) is 11.1 Å². The molecule has 0 unspecified atom stereocenters. The Morgan fingerprint density at radius 2 is 1.94 bits per heavy atom. The standard InChI is InChI=1S/C14H20N2O/c1-10-5-6-11(2)12(9-10)14(13(17)16-15)7-3-4-8-14/h5-6,9H,3-4,7-8,15H2,1-2H3,(H,16,17). The molecule has 3 heteroatoms. The van der Waals surface area contributed by atoms with Gasteiger partial charge in [-0.15, -0.1) is 0 Å². The van der Waals surface area contributed by atoms with E-state index in [0.29, 0.717) is 0 Å². The monoisotopic (exact) mass is 232 g/mol. The fourth-order valence-corrected chi connectivity index (χ4v) is 2.99. The molecule has 0 bridgehead atoms. The molecule has 1 aromatic rings. The van der Waals surface area contributed by atoms with Crippen LogP contribution in [0.15, 0.2) is 18.2 Å². The zero-order chi connectivity index (χ0) is 12.5. The minimum absolute atomic E-state index is 0.0382. The van der Waals surface area contributed by atoms with Crippen molar-refractivity contribution >= 4 is 5.91 Å². The van der Waals surface area contributed by atoms with Gasteiger partial charge in [-0.05, 0) is 37.8 Å². The van der Waals surface area contributed by atoms with E-state index in [9.17, 15) is 4.79 Å². The maximum Gasteiger partial charge on any atom is 0.244 e. The van der Waals surface area contributed by atoms with Gasteiger partial charge in [-0.25, -0.2) is 5.84 Å². The topological polar surface area (TPSA) is 55.1 Å². The lowest BCUT2D eigenvalue weighted by Crippen LogP contribution is -2.46. The maximum atomic E-state index is 12.2. The third-order valence-electron chi connectivity index (χ3n) is 3.93. The summed E-state index contributed by atoms with van der Waals surface area (Å²) in [6.07, 6.45) is 4.00. The molecule has 1 fully saturated rings. The normalized spacial score (nSPS) is 18.1. The Morgan fingerprint density at radius 1 is 1.29 bits per heavy atom. The quantitative estimate of drug-likeness (QED) is 0.466. The molecule has 1 aromatic carbocycles. The van der Waals surface area contributed by atoms with Crippen molar-refractivity contribution in [1.82, 2.24) is 5.43 Å². The van der Waals surface area contributed by atoms with Crippen molar-refractivity contribution in [2.45, 2.75) is 44.9 Å². The van der Waals surface area contributed by atoms with Gasteiger partial charge in [0.15, 0.2) is 0 Å². The van der Waals surface area contributed by atoms with Crippen molar-refractivity contribution in [1.29, 1.82) is 0 Å². The molecule has 17 heavy (non-hydrogen) atoms. The van der Waals surface area contributed by atoms with Crippen LogP contribution in [0.5, 0.6) is 0 Å². The number of hydrazine groups is 1. The van der Waals surface area contributed by atoms with E-state index >= 15 is 0 Å². The highest BCUT2D eigenvalue weighted by Crippen LogP contribution is 2.42. The number of aryl methyl sites for hydroxylation is 2. The van der Waals surface area contributed by atoms with Crippen molar-refractivity contribution in [3.05, 3.63) is 34.9 Å². The third-order valence-corrected chi connectivity index (χ3v) is 3.93. The third kappa shape index (κ3) is 1.95. The lowest BCUT2D eigenvalue weighted by molar-refractivity contribution is -0.126. The molecule has 0 aromatic heterocycles. The van der Waals surface area contributed by atoms with Gasteiger partial charge in [0.25, 0.3) is 0 Å². The molecule has 0 saturated heterocycles. The summed E-state index contributed by atoms with van der Waals surface area (Å²) in [5.41, 5.74) is 5.48. The van der Waals surface area contributed by atoms with Crippen LogP contribution in [0.2, 0.25) is 0 Å². The zero-order valence-corrected chi connectivity index (χ0v) is 10.5. The first kappa shape index (κ1) is 12.1. The zero-order valence-electron chi connectivity index (χ0n) is 10.5. The summed E-state index contributed by atoms with van der Waals surface area (Å²) in [6, 6.07) is 6.31. The summed E-state index contributed by atoms with van der Waals surface area (Å²) < 4.78 is 0. The number of rotatable bonds is 2. The number of amides is 1. The largest absolute Gasteiger partial charge is 0.293 e. The molecule has 0 spiro atoms. The van der Waals surface area contributed by atoms with E-state index in [1.807, 2.05) is 0 Å². The van der Waals surface area contributed by atoms with Crippen LogP contribution >= 0.6 is 0 Å². The minimum Gasteiger partial charge on any atom is -0.293 e. The van der Waals surface area contributed by atoms with E-state index in [0.717, 1.165) is 31.2 Å². The van der Waals surface area contributed by atoms with Crippen molar-refractivity contribution in [3.63, 3.8) is 0 Å². The number of benzene rings is 1. The van der Waals surface area contributed by atoms with Crippen molar-refractivity contribution in [2.75, 3.05) is 0 Å². The Kier molecular flexibility index (Phi) is 3.20. The van der Waals surface area contributed by atoms with Crippen LogP contribution in [0.1, 0.15) is 42.4 Å². The molecule has 0 radical (unpaired) electrons. The van der Waals surface area contributed by atoms with Crippen molar-refractivity contribution < 1.29 is 4.79 Å². The average Bonchev–Trinajstić information content (AvgIpc) is 2.81. The first-order valence-electron chi connectivity index (χ1n) is 6.19. The molecule has 3 nitrogen and oxygen atoms in total.